The van der Waals surface area contributed by atoms with Gasteiger partial charge in [0, 0.05) is 25.3 Å². The lowest BCUT2D eigenvalue weighted by Gasteiger charge is -2.15. The highest BCUT2D eigenvalue weighted by Crippen LogP contribution is 2.19. The highest BCUT2D eigenvalue weighted by atomic mass is 35.5. The molecule has 0 saturated heterocycles. The smallest absolute Gasteiger partial charge is 0.254 e. The van der Waals surface area contributed by atoms with E-state index in [1.54, 1.807) is 23.0 Å². The lowest BCUT2D eigenvalue weighted by atomic mass is 10.1. The van der Waals surface area contributed by atoms with Crippen LogP contribution in [-0.2, 0) is 16.6 Å². The third-order valence-electron chi connectivity index (χ3n) is 4.69. The zero-order chi connectivity index (χ0) is 21.9. The predicted molar refractivity (Wildman–Crippen MR) is 116 cm³/mol. The van der Waals surface area contributed by atoms with Gasteiger partial charge < -0.3 is 5.32 Å². The van der Waals surface area contributed by atoms with E-state index in [0.29, 0.717) is 17.1 Å². The van der Waals surface area contributed by atoms with Gasteiger partial charge >= 0.3 is 0 Å². The molecule has 1 aromatic heterocycles. The SMILES string of the molecule is CC(NC(=O)c1cnn(Cc2ccccc2Cl)c1)c1ccc(S(=O)(=O)N(C)C)cc1. The van der Waals surface area contributed by atoms with Crippen molar-refractivity contribution >= 4 is 27.5 Å². The van der Waals surface area contributed by atoms with Gasteiger partial charge in [0.2, 0.25) is 10.0 Å². The number of amides is 1. The van der Waals surface area contributed by atoms with E-state index in [1.165, 1.54) is 32.4 Å². The first-order valence-corrected chi connectivity index (χ1v) is 11.1. The summed E-state index contributed by atoms with van der Waals surface area (Å²) in [6.07, 6.45) is 3.17. The van der Waals surface area contributed by atoms with Crippen LogP contribution in [0, 0.1) is 0 Å². The Hall–Kier alpha value is -2.68. The van der Waals surface area contributed by atoms with E-state index in [2.05, 4.69) is 10.4 Å². The molecular formula is C21H23ClN4O3S. The van der Waals surface area contributed by atoms with Gasteiger partial charge in [0.25, 0.3) is 5.91 Å². The topological polar surface area (TPSA) is 84.3 Å². The fraction of sp³-hybridized carbons (Fsp3) is 0.238. The quantitative estimate of drug-likeness (QED) is 0.603. The largest absolute Gasteiger partial charge is 0.345 e. The van der Waals surface area contributed by atoms with E-state index in [0.717, 1.165) is 15.4 Å². The summed E-state index contributed by atoms with van der Waals surface area (Å²) in [6, 6.07) is 13.6. The fourth-order valence-corrected chi connectivity index (χ4v) is 3.97. The van der Waals surface area contributed by atoms with Gasteiger partial charge in [-0.2, -0.15) is 5.10 Å². The van der Waals surface area contributed by atoms with Gasteiger partial charge in [-0.3, -0.25) is 9.48 Å². The average Bonchev–Trinajstić information content (AvgIpc) is 3.18. The van der Waals surface area contributed by atoms with Crippen LogP contribution < -0.4 is 5.32 Å². The van der Waals surface area contributed by atoms with E-state index in [4.69, 9.17) is 11.6 Å². The number of nitrogens with one attached hydrogen (secondary N) is 1. The summed E-state index contributed by atoms with van der Waals surface area (Å²) in [7, 11) is -0.518. The number of carbonyl (C=O) groups is 1. The van der Waals surface area contributed by atoms with Crippen LogP contribution in [0.5, 0.6) is 0 Å². The molecule has 1 N–H and O–H groups in total. The molecule has 9 heteroatoms. The van der Waals surface area contributed by atoms with Gasteiger partial charge in [0.15, 0.2) is 0 Å². The van der Waals surface area contributed by atoms with E-state index >= 15 is 0 Å². The van der Waals surface area contributed by atoms with Crippen LogP contribution in [0.15, 0.2) is 65.8 Å². The molecule has 0 aliphatic carbocycles. The number of aromatic nitrogens is 2. The molecule has 2 aromatic carbocycles. The van der Waals surface area contributed by atoms with E-state index in [9.17, 15) is 13.2 Å². The molecule has 0 aliphatic rings. The van der Waals surface area contributed by atoms with Crippen LogP contribution in [-0.4, -0.2) is 42.5 Å². The maximum Gasteiger partial charge on any atom is 0.254 e. The summed E-state index contributed by atoms with van der Waals surface area (Å²) in [5.74, 6) is -0.266. The number of hydrogen-bond acceptors (Lipinski definition) is 4. The Bertz CT molecular complexity index is 1140. The molecule has 0 saturated carbocycles. The Balaban J connectivity index is 1.66. The minimum absolute atomic E-state index is 0.204. The molecule has 1 unspecified atom stereocenters. The van der Waals surface area contributed by atoms with Crippen molar-refractivity contribution < 1.29 is 13.2 Å². The molecule has 3 aromatic rings. The Morgan fingerprint density at radius 2 is 1.83 bits per heavy atom. The lowest BCUT2D eigenvalue weighted by Crippen LogP contribution is -2.26. The number of rotatable bonds is 7. The van der Waals surface area contributed by atoms with Crippen LogP contribution in [0.4, 0.5) is 0 Å². The zero-order valence-electron chi connectivity index (χ0n) is 16.9. The molecule has 1 amide bonds. The van der Waals surface area contributed by atoms with Crippen molar-refractivity contribution in [3.8, 4) is 0 Å². The van der Waals surface area contributed by atoms with Gasteiger partial charge in [0.05, 0.1) is 29.2 Å². The third-order valence-corrected chi connectivity index (χ3v) is 6.89. The summed E-state index contributed by atoms with van der Waals surface area (Å²) >= 11 is 6.18. The second-order valence-corrected chi connectivity index (χ2v) is 9.63. The van der Waals surface area contributed by atoms with Crippen LogP contribution in [0.1, 0.15) is 34.5 Å². The Kier molecular flexibility index (Phi) is 6.60. The first-order valence-electron chi connectivity index (χ1n) is 9.27. The highest BCUT2D eigenvalue weighted by Gasteiger charge is 2.18. The Morgan fingerprint density at radius 3 is 2.47 bits per heavy atom. The first kappa shape index (κ1) is 22.0. The van der Waals surface area contributed by atoms with Crippen molar-refractivity contribution in [1.82, 2.24) is 19.4 Å². The van der Waals surface area contributed by atoms with Gasteiger partial charge in [-0.1, -0.05) is 41.9 Å². The van der Waals surface area contributed by atoms with Crippen LogP contribution >= 0.6 is 11.6 Å². The number of carbonyl (C=O) groups excluding carboxylic acids is 1. The van der Waals surface area contributed by atoms with Crippen molar-refractivity contribution in [2.75, 3.05) is 14.1 Å². The fourth-order valence-electron chi connectivity index (χ4n) is 2.87. The summed E-state index contributed by atoms with van der Waals surface area (Å²) in [4.78, 5) is 12.8. The monoisotopic (exact) mass is 446 g/mol. The van der Waals surface area contributed by atoms with Crippen LogP contribution in [0.25, 0.3) is 0 Å². The summed E-state index contributed by atoms with van der Waals surface area (Å²) in [6.45, 7) is 2.30. The van der Waals surface area contributed by atoms with Crippen molar-refractivity contribution in [2.45, 2.75) is 24.4 Å². The molecule has 1 heterocycles. The number of benzene rings is 2. The molecule has 3 rings (SSSR count). The van der Waals surface area contributed by atoms with Gasteiger partial charge in [0.1, 0.15) is 0 Å². The van der Waals surface area contributed by atoms with E-state index < -0.39 is 10.0 Å². The third kappa shape index (κ3) is 4.89. The number of hydrogen-bond donors (Lipinski definition) is 1. The number of halogens is 1. The van der Waals surface area contributed by atoms with E-state index in [-0.39, 0.29) is 16.8 Å². The summed E-state index contributed by atoms with van der Waals surface area (Å²) < 4.78 is 27.2. The first-order chi connectivity index (χ1) is 14.2. The minimum Gasteiger partial charge on any atom is -0.345 e. The second kappa shape index (κ2) is 8.99. The average molecular weight is 447 g/mol. The molecule has 7 nitrogen and oxygen atoms in total. The molecule has 0 aliphatic heterocycles. The second-order valence-electron chi connectivity index (χ2n) is 7.07. The molecule has 0 fully saturated rings. The predicted octanol–water partition coefficient (Wildman–Crippen LogP) is 3.33. The van der Waals surface area contributed by atoms with Crippen molar-refractivity contribution in [1.29, 1.82) is 0 Å². The van der Waals surface area contributed by atoms with Gasteiger partial charge in [-0.25, -0.2) is 12.7 Å². The summed E-state index contributed by atoms with van der Waals surface area (Å²) in [5, 5.41) is 7.78. The number of sulfonamides is 1. The maximum absolute atomic E-state index is 12.6. The lowest BCUT2D eigenvalue weighted by molar-refractivity contribution is 0.0939. The summed E-state index contributed by atoms with van der Waals surface area (Å²) in [5.41, 5.74) is 2.14. The highest BCUT2D eigenvalue weighted by molar-refractivity contribution is 7.89. The van der Waals surface area contributed by atoms with Crippen molar-refractivity contribution in [3.63, 3.8) is 0 Å². The van der Waals surface area contributed by atoms with Crippen molar-refractivity contribution in [3.05, 3.63) is 82.6 Å². The molecule has 0 spiro atoms. The molecular weight excluding hydrogens is 424 g/mol. The zero-order valence-corrected chi connectivity index (χ0v) is 18.5. The Labute approximate surface area is 181 Å². The Morgan fingerprint density at radius 1 is 1.17 bits per heavy atom. The van der Waals surface area contributed by atoms with Crippen molar-refractivity contribution in [2.24, 2.45) is 0 Å². The molecule has 30 heavy (non-hydrogen) atoms. The minimum atomic E-state index is -3.49. The number of nitrogens with zero attached hydrogens (tertiary/aromatic N) is 3. The van der Waals surface area contributed by atoms with E-state index in [1.807, 2.05) is 31.2 Å². The molecule has 1 atom stereocenters. The van der Waals surface area contributed by atoms with Gasteiger partial charge in [-0.05, 0) is 36.2 Å². The standard InChI is InChI=1S/C21H23ClN4O3S/c1-15(16-8-10-19(11-9-16)30(28,29)25(2)3)24-21(27)18-12-23-26(14-18)13-17-6-4-5-7-20(17)22/h4-12,14-15H,13H2,1-3H3,(H,24,27). The maximum atomic E-state index is 12.6. The van der Waals surface area contributed by atoms with Crippen LogP contribution in [0.3, 0.4) is 0 Å². The van der Waals surface area contributed by atoms with Gasteiger partial charge in [-0.15, -0.1) is 0 Å². The molecule has 0 bridgehead atoms. The van der Waals surface area contributed by atoms with Crippen LogP contribution in [0.2, 0.25) is 5.02 Å². The molecule has 0 radical (unpaired) electrons. The normalized spacial score (nSPS) is 12.7. The molecule has 158 valence electrons.